The number of amides is 1. The second-order valence-corrected chi connectivity index (χ2v) is 9.25. The Bertz CT molecular complexity index is 1760. The third-order valence-corrected chi connectivity index (χ3v) is 6.87. The van der Waals surface area contributed by atoms with Crippen LogP contribution in [0.2, 0.25) is 0 Å². The summed E-state index contributed by atoms with van der Waals surface area (Å²) in [5.41, 5.74) is 1.74. The summed E-state index contributed by atoms with van der Waals surface area (Å²) in [5, 5.41) is 19.4. The van der Waals surface area contributed by atoms with Crippen LogP contribution >= 0.6 is 0 Å². The number of aromatic nitrogens is 3. The van der Waals surface area contributed by atoms with Gasteiger partial charge in [-0.3, -0.25) is 9.59 Å². The molecule has 1 unspecified atom stereocenters. The van der Waals surface area contributed by atoms with Gasteiger partial charge in [0.25, 0.3) is 11.5 Å². The lowest BCUT2D eigenvalue weighted by molar-refractivity contribution is 0.0926. The van der Waals surface area contributed by atoms with Crippen molar-refractivity contribution in [2.75, 3.05) is 7.11 Å². The number of methoxy groups -OCH3 is 1. The molecule has 6 rings (SSSR count). The Labute approximate surface area is 212 Å². The number of rotatable bonds is 6. The molecule has 37 heavy (non-hydrogen) atoms. The van der Waals surface area contributed by atoms with Gasteiger partial charge in [0.2, 0.25) is 0 Å². The molecule has 1 saturated carbocycles. The van der Waals surface area contributed by atoms with Gasteiger partial charge >= 0.3 is 0 Å². The van der Waals surface area contributed by atoms with Crippen LogP contribution in [-0.2, 0) is 0 Å². The van der Waals surface area contributed by atoms with E-state index in [9.17, 15) is 14.9 Å². The molecule has 0 spiro atoms. The van der Waals surface area contributed by atoms with Gasteiger partial charge in [0.1, 0.15) is 22.9 Å². The average Bonchev–Trinajstić information content (AvgIpc) is 3.70. The van der Waals surface area contributed by atoms with Gasteiger partial charge < -0.3 is 15.0 Å². The number of ether oxygens (including phenoxy) is 1. The fraction of sp³-hybridized carbons (Fsp3) is 0.172. The first-order valence-electron chi connectivity index (χ1n) is 12.1. The lowest BCUT2D eigenvalue weighted by Crippen LogP contribution is -2.30. The molecule has 0 aliphatic heterocycles. The summed E-state index contributed by atoms with van der Waals surface area (Å²) >= 11 is 0. The maximum absolute atomic E-state index is 13.4. The van der Waals surface area contributed by atoms with Crippen molar-refractivity contribution in [1.29, 1.82) is 5.26 Å². The number of nitriles is 1. The van der Waals surface area contributed by atoms with Gasteiger partial charge in [0, 0.05) is 5.56 Å². The summed E-state index contributed by atoms with van der Waals surface area (Å²) in [6.45, 7) is 0. The second kappa shape index (κ2) is 8.95. The molecule has 1 aliphatic carbocycles. The number of aromatic amines is 1. The Hall–Kier alpha value is -4.90. The first kappa shape index (κ1) is 22.6. The lowest BCUT2D eigenvalue weighted by atomic mass is 10.0. The van der Waals surface area contributed by atoms with Crippen LogP contribution < -0.4 is 15.6 Å². The van der Waals surface area contributed by atoms with E-state index in [0.717, 1.165) is 40.5 Å². The molecule has 182 valence electrons. The predicted octanol–water partition coefficient (Wildman–Crippen LogP) is 4.60. The minimum absolute atomic E-state index is 0.0459. The highest BCUT2D eigenvalue weighted by atomic mass is 16.5. The van der Waals surface area contributed by atoms with E-state index in [2.05, 4.69) is 15.4 Å². The number of H-pyrrole nitrogens is 1. The van der Waals surface area contributed by atoms with Gasteiger partial charge in [-0.15, -0.1) is 0 Å². The molecular formula is C29H23N5O3. The fourth-order valence-electron chi connectivity index (χ4n) is 4.77. The van der Waals surface area contributed by atoms with Crippen LogP contribution in [0.3, 0.4) is 0 Å². The van der Waals surface area contributed by atoms with Gasteiger partial charge in [-0.25, -0.2) is 4.52 Å². The van der Waals surface area contributed by atoms with Crippen molar-refractivity contribution in [3.63, 3.8) is 0 Å². The quantitative estimate of drug-likeness (QED) is 0.362. The number of nitrogens with one attached hydrogen (secondary N) is 2. The van der Waals surface area contributed by atoms with E-state index >= 15 is 0 Å². The Kier molecular flexibility index (Phi) is 5.46. The molecule has 0 radical (unpaired) electrons. The van der Waals surface area contributed by atoms with E-state index in [1.807, 2.05) is 72.8 Å². The Morgan fingerprint density at radius 3 is 2.59 bits per heavy atom. The molecular weight excluding hydrogens is 466 g/mol. The number of carbonyl (C=O) groups is 1. The average molecular weight is 490 g/mol. The van der Waals surface area contributed by atoms with E-state index < -0.39 is 11.5 Å². The van der Waals surface area contributed by atoms with Crippen molar-refractivity contribution in [2.24, 2.45) is 5.92 Å². The molecule has 3 aromatic carbocycles. The van der Waals surface area contributed by atoms with Crippen molar-refractivity contribution < 1.29 is 9.53 Å². The summed E-state index contributed by atoms with van der Waals surface area (Å²) in [6, 6.07) is 23.2. The van der Waals surface area contributed by atoms with E-state index in [-0.39, 0.29) is 22.8 Å². The van der Waals surface area contributed by atoms with Crippen molar-refractivity contribution in [1.82, 2.24) is 19.9 Å². The highest BCUT2D eigenvalue weighted by molar-refractivity contribution is 5.97. The normalized spacial score (nSPS) is 13.8. The van der Waals surface area contributed by atoms with Gasteiger partial charge in [-0.05, 0) is 53.3 Å². The van der Waals surface area contributed by atoms with Crippen molar-refractivity contribution in [3.8, 4) is 23.1 Å². The molecule has 1 amide bonds. The molecule has 2 N–H and O–H groups in total. The first-order valence-corrected chi connectivity index (χ1v) is 12.1. The Balaban J connectivity index is 1.37. The van der Waals surface area contributed by atoms with Crippen LogP contribution in [0.25, 0.3) is 27.5 Å². The van der Waals surface area contributed by atoms with E-state index in [1.165, 1.54) is 4.52 Å². The topological polar surface area (TPSA) is 112 Å². The maximum Gasteiger partial charge on any atom is 0.275 e. The van der Waals surface area contributed by atoms with Gasteiger partial charge in [0.05, 0.1) is 25.0 Å². The number of benzene rings is 3. The number of fused-ring (bicyclic) bond motifs is 2. The van der Waals surface area contributed by atoms with Gasteiger partial charge in [-0.2, -0.15) is 10.4 Å². The SMILES string of the molecule is COc1ccc(C(NC(=O)c2nn3cc(-c4ccc5ccccc5c4)[nH]c(=O)c3c2C#N)C2CC2)cc1. The standard InChI is InChI=1S/C29H23N5O3/c1-37-22-12-10-19(11-13-22)25(18-7-8-18)32-28(35)26-23(15-30)27-29(36)31-24(16-34(27)33-26)21-9-6-17-4-2-3-5-20(17)14-21/h2-6,9-14,16,18,25H,7-8H2,1H3,(H,31,36)(H,32,35). The number of nitrogens with zero attached hydrogens (tertiary/aromatic N) is 3. The van der Waals surface area contributed by atoms with Crippen molar-refractivity contribution in [3.05, 3.63) is 100 Å². The second-order valence-electron chi connectivity index (χ2n) is 9.25. The molecule has 1 aliphatic rings. The molecule has 1 fully saturated rings. The van der Waals surface area contributed by atoms with Crippen LogP contribution in [0, 0.1) is 17.2 Å². The molecule has 2 heterocycles. The van der Waals surface area contributed by atoms with Gasteiger partial charge in [0.15, 0.2) is 5.69 Å². The minimum Gasteiger partial charge on any atom is -0.497 e. The molecule has 8 nitrogen and oxygen atoms in total. The Morgan fingerprint density at radius 1 is 1.14 bits per heavy atom. The van der Waals surface area contributed by atoms with Crippen molar-refractivity contribution in [2.45, 2.75) is 18.9 Å². The molecule has 2 aromatic heterocycles. The van der Waals surface area contributed by atoms with Crippen LogP contribution in [-0.4, -0.2) is 27.6 Å². The number of carbonyl (C=O) groups excluding carboxylic acids is 1. The van der Waals surface area contributed by atoms with E-state index in [0.29, 0.717) is 11.6 Å². The molecule has 1 atom stereocenters. The third-order valence-electron chi connectivity index (χ3n) is 6.87. The van der Waals surface area contributed by atoms with Crippen LogP contribution in [0.1, 0.15) is 40.5 Å². The fourth-order valence-corrected chi connectivity index (χ4v) is 4.77. The molecule has 5 aromatic rings. The summed E-state index contributed by atoms with van der Waals surface area (Å²) in [7, 11) is 1.61. The summed E-state index contributed by atoms with van der Waals surface area (Å²) in [4.78, 5) is 29.3. The largest absolute Gasteiger partial charge is 0.497 e. The van der Waals surface area contributed by atoms with Crippen LogP contribution in [0.5, 0.6) is 5.75 Å². The van der Waals surface area contributed by atoms with E-state index in [4.69, 9.17) is 4.74 Å². The summed E-state index contributed by atoms with van der Waals surface area (Å²) in [6.07, 6.45) is 3.64. The number of hydrogen-bond donors (Lipinski definition) is 2. The van der Waals surface area contributed by atoms with Gasteiger partial charge in [-0.1, -0.05) is 48.5 Å². The smallest absolute Gasteiger partial charge is 0.275 e. The molecule has 8 heteroatoms. The summed E-state index contributed by atoms with van der Waals surface area (Å²) < 4.78 is 6.57. The highest BCUT2D eigenvalue weighted by Crippen LogP contribution is 2.41. The number of hydrogen-bond acceptors (Lipinski definition) is 5. The van der Waals surface area contributed by atoms with Crippen LogP contribution in [0.15, 0.2) is 77.7 Å². The lowest BCUT2D eigenvalue weighted by Gasteiger charge is -2.18. The zero-order valence-corrected chi connectivity index (χ0v) is 20.1. The maximum atomic E-state index is 13.4. The molecule has 0 bridgehead atoms. The summed E-state index contributed by atoms with van der Waals surface area (Å²) in [5.74, 6) is 0.556. The predicted molar refractivity (Wildman–Crippen MR) is 139 cm³/mol. The minimum atomic E-state index is -0.486. The van der Waals surface area contributed by atoms with Crippen LogP contribution in [0.4, 0.5) is 0 Å². The highest BCUT2D eigenvalue weighted by Gasteiger charge is 2.35. The monoisotopic (exact) mass is 489 g/mol. The third kappa shape index (κ3) is 4.10. The molecule has 0 saturated heterocycles. The zero-order chi connectivity index (χ0) is 25.5. The Morgan fingerprint density at radius 2 is 1.89 bits per heavy atom. The van der Waals surface area contributed by atoms with Crippen molar-refractivity contribution >= 4 is 22.2 Å². The first-order chi connectivity index (χ1) is 18.1. The van der Waals surface area contributed by atoms with E-state index in [1.54, 1.807) is 13.3 Å². The zero-order valence-electron chi connectivity index (χ0n) is 20.1.